The molecule has 2 amide bonds. The van der Waals surface area contributed by atoms with Crippen molar-refractivity contribution in [1.29, 1.82) is 0 Å². The third kappa shape index (κ3) is 7.47. The number of carbonyl (C=O) groups excluding carboxylic acids is 2. The normalized spacial score (nSPS) is 20.9. The van der Waals surface area contributed by atoms with Gasteiger partial charge in [-0.15, -0.1) is 0 Å². The fraction of sp³-hybridized carbons (Fsp3) is 0.528. The Bertz CT molecular complexity index is 1810. The Hall–Kier alpha value is -3.75. The number of amidine groups is 1. The van der Waals surface area contributed by atoms with E-state index in [4.69, 9.17) is 4.74 Å². The molecule has 3 heterocycles. The van der Waals surface area contributed by atoms with E-state index in [9.17, 15) is 36.3 Å². The number of rotatable bonds is 8. The van der Waals surface area contributed by atoms with Gasteiger partial charge in [0, 0.05) is 42.7 Å². The van der Waals surface area contributed by atoms with Crippen LogP contribution in [0.15, 0.2) is 40.7 Å². The average Bonchev–Trinajstić information content (AvgIpc) is 3.35. The summed E-state index contributed by atoms with van der Waals surface area (Å²) in [5.74, 6) is -0.302. The average molecular weight is 719 g/mol. The van der Waals surface area contributed by atoms with E-state index < -0.39 is 38.8 Å². The molecule has 2 saturated heterocycles. The second-order valence-corrected chi connectivity index (χ2v) is 16.0. The Morgan fingerprint density at radius 1 is 1.02 bits per heavy atom. The van der Waals surface area contributed by atoms with Gasteiger partial charge in [0.2, 0.25) is 15.6 Å². The molecule has 2 aromatic rings. The van der Waals surface area contributed by atoms with Crippen LogP contribution in [0.2, 0.25) is 0 Å². The van der Waals surface area contributed by atoms with Gasteiger partial charge in [0.05, 0.1) is 5.60 Å². The molecular formula is C36H45F3N4O6S. The van der Waals surface area contributed by atoms with Crippen molar-refractivity contribution in [3.63, 3.8) is 0 Å². The van der Waals surface area contributed by atoms with Gasteiger partial charge in [0.15, 0.2) is 0 Å². The van der Waals surface area contributed by atoms with Crippen LogP contribution >= 0.6 is 0 Å². The van der Waals surface area contributed by atoms with Gasteiger partial charge in [-0.25, -0.2) is 8.42 Å². The molecule has 2 aromatic carbocycles. The first-order valence-electron chi connectivity index (χ1n) is 16.8. The Balaban J connectivity index is 1.27. The lowest BCUT2D eigenvalue weighted by Gasteiger charge is -2.36. The second kappa shape index (κ2) is 13.4. The maximum atomic E-state index is 13.7. The number of sulfonamides is 1. The number of likely N-dealkylation sites (tertiary alicyclic amines) is 1. The lowest BCUT2D eigenvalue weighted by molar-refractivity contribution is -0.242. The topological polar surface area (TPSA) is 129 Å². The van der Waals surface area contributed by atoms with Crippen LogP contribution in [0.1, 0.15) is 91.1 Å². The van der Waals surface area contributed by atoms with Gasteiger partial charge in [-0.3, -0.25) is 14.6 Å². The molecule has 1 atom stereocenters. The van der Waals surface area contributed by atoms with Crippen LogP contribution < -0.4 is 10.1 Å². The molecule has 3 aliphatic heterocycles. The van der Waals surface area contributed by atoms with Crippen LogP contribution in [-0.4, -0.2) is 89.5 Å². The van der Waals surface area contributed by atoms with Crippen LogP contribution in [0, 0.1) is 20.8 Å². The molecule has 14 heteroatoms. The van der Waals surface area contributed by atoms with E-state index in [1.165, 1.54) is 23.4 Å². The first-order chi connectivity index (χ1) is 23.2. The molecule has 1 spiro atoms. The second-order valence-electron chi connectivity index (χ2n) is 14.2. The molecule has 0 saturated carbocycles. The minimum absolute atomic E-state index is 0.0266. The van der Waals surface area contributed by atoms with Crippen LogP contribution in [0.25, 0.3) is 6.08 Å². The Morgan fingerprint density at radius 3 is 2.18 bits per heavy atom. The van der Waals surface area contributed by atoms with Gasteiger partial charge in [0.25, 0.3) is 11.8 Å². The molecule has 0 bridgehead atoms. The number of nitrogens with zero attached hydrogens (tertiary/aromatic N) is 3. The number of nitrogens with one attached hydrogen (secondary N) is 1. The monoisotopic (exact) mass is 718 g/mol. The van der Waals surface area contributed by atoms with E-state index in [1.54, 1.807) is 43.0 Å². The van der Waals surface area contributed by atoms with Gasteiger partial charge < -0.3 is 20.1 Å². The van der Waals surface area contributed by atoms with E-state index in [0.29, 0.717) is 48.2 Å². The maximum absolute atomic E-state index is 13.7. The number of alkyl halides is 3. The highest BCUT2D eigenvalue weighted by atomic mass is 32.2. The van der Waals surface area contributed by atoms with Crippen LogP contribution in [-0.2, 0) is 14.8 Å². The Kier molecular flexibility index (Phi) is 10.1. The molecule has 5 rings (SSSR count). The number of hydrogen-bond acceptors (Lipinski definition) is 7. The lowest BCUT2D eigenvalue weighted by atomic mass is 9.89. The number of aliphatic imine (C=N–C) groups is 1. The van der Waals surface area contributed by atoms with Crippen LogP contribution in [0.4, 0.5) is 13.2 Å². The van der Waals surface area contributed by atoms with Gasteiger partial charge in [0.1, 0.15) is 17.1 Å². The number of ether oxygens (including phenoxy) is 1. The summed E-state index contributed by atoms with van der Waals surface area (Å²) in [7, 11) is -3.88. The smallest absolute Gasteiger partial charge is 0.427 e. The summed E-state index contributed by atoms with van der Waals surface area (Å²) in [6.07, 6.45) is -2.14. The van der Waals surface area contributed by atoms with Gasteiger partial charge in [-0.2, -0.15) is 17.5 Å². The largest absolute Gasteiger partial charge is 0.478 e. The summed E-state index contributed by atoms with van der Waals surface area (Å²) in [5.41, 5.74) is -0.830. The first-order valence-corrected chi connectivity index (χ1v) is 18.3. The molecule has 0 aromatic heterocycles. The highest BCUT2D eigenvalue weighted by molar-refractivity contribution is 7.92. The third-order valence-corrected chi connectivity index (χ3v) is 11.9. The van der Waals surface area contributed by atoms with Crippen molar-refractivity contribution in [2.45, 2.75) is 96.6 Å². The molecule has 0 radical (unpaired) electrons. The third-order valence-electron chi connectivity index (χ3n) is 10.3. The summed E-state index contributed by atoms with van der Waals surface area (Å²) >= 11 is 0. The lowest BCUT2D eigenvalue weighted by Crippen LogP contribution is -2.50. The van der Waals surface area contributed by atoms with E-state index in [0.717, 1.165) is 23.5 Å². The molecule has 50 heavy (non-hydrogen) atoms. The van der Waals surface area contributed by atoms with Gasteiger partial charge in [-0.05, 0) is 113 Å². The predicted octanol–water partition coefficient (Wildman–Crippen LogP) is 5.42. The van der Waals surface area contributed by atoms with Gasteiger partial charge in [-0.1, -0.05) is 19.1 Å². The SMILES string of the molecule is CCC(C)(Oc1cc(C2=NC3(CCN(S(=O)(=O)/C=C/c4c(C)cc(C(=O)N5CCC(C)(O)CC5)cc4C)CC3)C(=O)N2)ccc1C)C(F)(F)F. The number of halogens is 3. The van der Waals surface area contributed by atoms with E-state index in [-0.39, 0.29) is 49.8 Å². The number of amides is 2. The van der Waals surface area contributed by atoms with Crippen molar-refractivity contribution >= 4 is 33.7 Å². The molecule has 2 fully saturated rings. The van der Waals surface area contributed by atoms with Crippen molar-refractivity contribution in [3.8, 4) is 5.75 Å². The summed E-state index contributed by atoms with van der Waals surface area (Å²) < 4.78 is 74.8. The van der Waals surface area contributed by atoms with Crippen molar-refractivity contribution in [3.05, 3.63) is 69.1 Å². The van der Waals surface area contributed by atoms with Crippen LogP contribution in [0.5, 0.6) is 5.75 Å². The van der Waals surface area contributed by atoms with Crippen LogP contribution in [0.3, 0.4) is 0 Å². The van der Waals surface area contributed by atoms with Crippen molar-refractivity contribution in [1.82, 2.24) is 14.5 Å². The number of aliphatic hydroxyl groups is 1. The van der Waals surface area contributed by atoms with Crippen molar-refractivity contribution in [2.75, 3.05) is 26.2 Å². The maximum Gasteiger partial charge on any atom is 0.427 e. The number of piperidine rings is 2. The first kappa shape index (κ1) is 37.5. The number of benzene rings is 2. The summed E-state index contributed by atoms with van der Waals surface area (Å²) in [6.45, 7) is 10.4. The Morgan fingerprint density at radius 2 is 1.62 bits per heavy atom. The zero-order valence-electron chi connectivity index (χ0n) is 29.3. The van der Waals surface area contributed by atoms with Crippen molar-refractivity contribution in [2.24, 2.45) is 4.99 Å². The van der Waals surface area contributed by atoms with E-state index >= 15 is 0 Å². The molecule has 272 valence electrons. The van der Waals surface area contributed by atoms with Gasteiger partial charge >= 0.3 is 6.18 Å². The minimum atomic E-state index is -4.60. The summed E-state index contributed by atoms with van der Waals surface area (Å²) in [6, 6.07) is 8.18. The molecule has 10 nitrogen and oxygen atoms in total. The number of hydrogen-bond donors (Lipinski definition) is 2. The molecule has 3 aliphatic rings. The fourth-order valence-electron chi connectivity index (χ4n) is 6.51. The molecular weight excluding hydrogens is 673 g/mol. The zero-order valence-corrected chi connectivity index (χ0v) is 30.1. The minimum Gasteiger partial charge on any atom is -0.478 e. The predicted molar refractivity (Wildman–Crippen MR) is 184 cm³/mol. The number of aryl methyl sites for hydroxylation is 3. The fourth-order valence-corrected chi connectivity index (χ4v) is 7.68. The summed E-state index contributed by atoms with van der Waals surface area (Å²) in [4.78, 5) is 32.7. The van der Waals surface area contributed by atoms with Crippen molar-refractivity contribution < 1.29 is 41.0 Å². The van der Waals surface area contributed by atoms with E-state index in [1.807, 2.05) is 13.8 Å². The standard InChI is InChI=1S/C36H45F3N4O6S/c1-7-34(6,36(37,38)39)49-29-22-26(9-8-23(29)2)30-40-32(45)35(41-30)13-17-43(18-14-35)50(47,48)19-10-28-24(3)20-27(21-25(28)4)31(44)42-15-11-33(5,46)12-16-42/h8-10,19-22,46H,7,11-18H2,1-6H3,(H,40,41,45)/b19-10+. The number of carbonyl (C=O) groups is 2. The highest BCUT2D eigenvalue weighted by Crippen LogP contribution is 2.39. The molecule has 1 unspecified atom stereocenters. The quantitative estimate of drug-likeness (QED) is 0.375. The molecule has 2 N–H and O–H groups in total. The summed E-state index contributed by atoms with van der Waals surface area (Å²) in [5, 5.41) is 14.1. The van der Waals surface area contributed by atoms with E-state index in [2.05, 4.69) is 10.3 Å². The molecule has 0 aliphatic carbocycles. The Labute approximate surface area is 291 Å². The highest BCUT2D eigenvalue weighted by Gasteiger charge is 2.52. The zero-order chi connectivity index (χ0) is 36.9.